The van der Waals surface area contributed by atoms with E-state index >= 15 is 0 Å². The normalized spacial score (nSPS) is 24.6. The molecule has 0 saturated carbocycles. The highest BCUT2D eigenvalue weighted by molar-refractivity contribution is 5.82. The molecule has 26 heavy (non-hydrogen) atoms. The van der Waals surface area contributed by atoms with Crippen molar-refractivity contribution in [3.8, 4) is 0 Å². The molecule has 0 radical (unpaired) electrons. The van der Waals surface area contributed by atoms with Gasteiger partial charge in [-0.1, -0.05) is 30.3 Å². The van der Waals surface area contributed by atoms with Crippen molar-refractivity contribution in [3.63, 3.8) is 0 Å². The van der Waals surface area contributed by atoms with E-state index in [1.54, 1.807) is 7.05 Å². The van der Waals surface area contributed by atoms with Gasteiger partial charge in [-0.15, -0.1) is 0 Å². The summed E-state index contributed by atoms with van der Waals surface area (Å²) in [6.07, 6.45) is 3.09. The summed E-state index contributed by atoms with van der Waals surface area (Å²) in [7, 11) is 1.64. The number of aliphatic hydroxyl groups is 1. The third-order valence-corrected chi connectivity index (χ3v) is 5.62. The maximum absolute atomic E-state index is 12.5. The molecule has 2 heterocycles. The van der Waals surface area contributed by atoms with Crippen LogP contribution in [0.25, 0.3) is 0 Å². The number of β-amino-alcohol motifs (C(OH)–C–C–N with tert-alkyl or cyclic N) is 1. The highest BCUT2D eigenvalue weighted by atomic mass is 16.3. The number of likely N-dealkylation sites (N-methyl/N-ethyl adjacent to an activating group) is 1. The molecule has 6 heteroatoms. The van der Waals surface area contributed by atoms with Gasteiger partial charge in [0.1, 0.15) is 0 Å². The molecule has 0 aliphatic carbocycles. The SMILES string of the molecule is CNC(=O)[C@@H]1C[C@@H](O)CN1C1CCN(C(=O)CCc2ccccc2)CC1. The lowest BCUT2D eigenvalue weighted by atomic mass is 10.0. The zero-order valence-electron chi connectivity index (χ0n) is 15.4. The molecule has 2 aliphatic heterocycles. The summed E-state index contributed by atoms with van der Waals surface area (Å²) in [5, 5.41) is 12.7. The summed E-state index contributed by atoms with van der Waals surface area (Å²) in [5.74, 6) is 0.180. The molecule has 2 fully saturated rings. The first kappa shape index (κ1) is 18.9. The summed E-state index contributed by atoms with van der Waals surface area (Å²) < 4.78 is 0. The molecule has 2 amide bonds. The molecule has 0 spiro atoms. The van der Waals surface area contributed by atoms with E-state index in [4.69, 9.17) is 0 Å². The highest BCUT2D eigenvalue weighted by Crippen LogP contribution is 2.26. The Hall–Kier alpha value is -1.92. The topological polar surface area (TPSA) is 72.9 Å². The molecule has 0 bridgehead atoms. The van der Waals surface area contributed by atoms with E-state index < -0.39 is 6.10 Å². The van der Waals surface area contributed by atoms with Gasteiger partial charge in [-0.05, 0) is 31.2 Å². The minimum atomic E-state index is -0.442. The molecule has 1 aromatic carbocycles. The van der Waals surface area contributed by atoms with Crippen LogP contribution >= 0.6 is 0 Å². The Kier molecular flexibility index (Phi) is 6.27. The maximum atomic E-state index is 12.5. The predicted molar refractivity (Wildman–Crippen MR) is 99.5 cm³/mol. The van der Waals surface area contributed by atoms with E-state index in [-0.39, 0.29) is 23.9 Å². The molecule has 0 unspecified atom stereocenters. The summed E-state index contributed by atoms with van der Waals surface area (Å²) in [5.41, 5.74) is 1.19. The lowest BCUT2D eigenvalue weighted by Crippen LogP contribution is -2.51. The zero-order valence-corrected chi connectivity index (χ0v) is 15.4. The minimum absolute atomic E-state index is 0.0251. The number of nitrogens with zero attached hydrogens (tertiary/aromatic N) is 2. The number of carbonyl (C=O) groups is 2. The van der Waals surface area contributed by atoms with Gasteiger partial charge >= 0.3 is 0 Å². The largest absolute Gasteiger partial charge is 0.392 e. The van der Waals surface area contributed by atoms with Gasteiger partial charge in [-0.3, -0.25) is 14.5 Å². The van der Waals surface area contributed by atoms with Gasteiger partial charge < -0.3 is 15.3 Å². The van der Waals surface area contributed by atoms with Gasteiger partial charge in [-0.25, -0.2) is 0 Å². The Labute approximate surface area is 155 Å². The zero-order chi connectivity index (χ0) is 18.5. The molecule has 1 aromatic rings. The van der Waals surface area contributed by atoms with E-state index in [0.717, 1.165) is 32.4 Å². The number of hydrogen-bond donors (Lipinski definition) is 2. The van der Waals surface area contributed by atoms with Crippen molar-refractivity contribution in [2.24, 2.45) is 0 Å². The van der Waals surface area contributed by atoms with Crippen LogP contribution in [0.2, 0.25) is 0 Å². The number of aliphatic hydroxyl groups excluding tert-OH is 1. The lowest BCUT2D eigenvalue weighted by molar-refractivity contribution is -0.133. The van der Waals surface area contributed by atoms with E-state index in [2.05, 4.69) is 22.3 Å². The first-order chi connectivity index (χ1) is 12.6. The van der Waals surface area contributed by atoms with Crippen molar-refractivity contribution in [2.45, 2.75) is 50.3 Å². The molecule has 2 atom stereocenters. The number of hydrogen-bond acceptors (Lipinski definition) is 4. The summed E-state index contributed by atoms with van der Waals surface area (Å²) in [6, 6.07) is 10.1. The van der Waals surface area contributed by atoms with Crippen LogP contribution in [0, 0.1) is 0 Å². The monoisotopic (exact) mass is 359 g/mol. The Balaban J connectivity index is 1.49. The second kappa shape index (κ2) is 8.64. The van der Waals surface area contributed by atoms with Crippen molar-refractivity contribution in [1.29, 1.82) is 0 Å². The molecular formula is C20H29N3O3. The number of aryl methyl sites for hydroxylation is 1. The molecule has 6 nitrogen and oxygen atoms in total. The number of carbonyl (C=O) groups excluding carboxylic acids is 2. The fourth-order valence-corrected chi connectivity index (χ4v) is 4.17. The fourth-order valence-electron chi connectivity index (χ4n) is 4.17. The number of rotatable bonds is 5. The quantitative estimate of drug-likeness (QED) is 0.815. The van der Waals surface area contributed by atoms with Crippen LogP contribution in [-0.4, -0.2) is 71.6 Å². The first-order valence-electron chi connectivity index (χ1n) is 9.55. The minimum Gasteiger partial charge on any atom is -0.392 e. The number of piperidine rings is 1. The fraction of sp³-hybridized carbons (Fsp3) is 0.600. The van der Waals surface area contributed by atoms with E-state index in [0.29, 0.717) is 19.4 Å². The van der Waals surface area contributed by atoms with Crippen molar-refractivity contribution < 1.29 is 14.7 Å². The Bertz CT molecular complexity index is 614. The van der Waals surface area contributed by atoms with Crippen molar-refractivity contribution in [2.75, 3.05) is 26.7 Å². The Morgan fingerprint density at radius 1 is 1.19 bits per heavy atom. The molecule has 142 valence electrons. The molecule has 0 aromatic heterocycles. The van der Waals surface area contributed by atoms with Crippen molar-refractivity contribution >= 4 is 11.8 Å². The average molecular weight is 359 g/mol. The molecule has 2 N–H and O–H groups in total. The summed E-state index contributed by atoms with van der Waals surface area (Å²) >= 11 is 0. The average Bonchev–Trinajstić information content (AvgIpc) is 3.08. The van der Waals surface area contributed by atoms with Crippen LogP contribution in [0.15, 0.2) is 30.3 Å². The number of amides is 2. The lowest BCUT2D eigenvalue weighted by Gasteiger charge is -2.38. The maximum Gasteiger partial charge on any atom is 0.237 e. The highest BCUT2D eigenvalue weighted by Gasteiger charge is 2.40. The number of nitrogens with one attached hydrogen (secondary N) is 1. The van der Waals surface area contributed by atoms with Crippen LogP contribution in [0.4, 0.5) is 0 Å². The van der Waals surface area contributed by atoms with Crippen LogP contribution in [0.5, 0.6) is 0 Å². The van der Waals surface area contributed by atoms with Crippen LogP contribution < -0.4 is 5.32 Å². The van der Waals surface area contributed by atoms with Crippen LogP contribution in [0.3, 0.4) is 0 Å². The van der Waals surface area contributed by atoms with Crippen molar-refractivity contribution in [1.82, 2.24) is 15.1 Å². The predicted octanol–water partition coefficient (Wildman–Crippen LogP) is 0.791. The first-order valence-corrected chi connectivity index (χ1v) is 9.55. The molecule has 2 aliphatic rings. The second-order valence-electron chi connectivity index (χ2n) is 7.31. The van der Waals surface area contributed by atoms with E-state index in [1.165, 1.54) is 5.56 Å². The summed E-state index contributed by atoms with van der Waals surface area (Å²) in [6.45, 7) is 2.00. The second-order valence-corrected chi connectivity index (χ2v) is 7.31. The smallest absolute Gasteiger partial charge is 0.237 e. The van der Waals surface area contributed by atoms with Crippen LogP contribution in [-0.2, 0) is 16.0 Å². The van der Waals surface area contributed by atoms with Gasteiger partial charge in [0.05, 0.1) is 12.1 Å². The Morgan fingerprint density at radius 3 is 2.54 bits per heavy atom. The Morgan fingerprint density at radius 2 is 1.88 bits per heavy atom. The van der Waals surface area contributed by atoms with Gasteiger partial charge in [0, 0.05) is 39.1 Å². The third kappa shape index (κ3) is 4.43. The number of benzene rings is 1. The van der Waals surface area contributed by atoms with Crippen LogP contribution in [0.1, 0.15) is 31.2 Å². The number of likely N-dealkylation sites (tertiary alicyclic amines) is 2. The van der Waals surface area contributed by atoms with Crippen molar-refractivity contribution in [3.05, 3.63) is 35.9 Å². The molecular weight excluding hydrogens is 330 g/mol. The molecule has 3 rings (SSSR count). The van der Waals surface area contributed by atoms with Gasteiger partial charge in [0.25, 0.3) is 0 Å². The summed E-state index contributed by atoms with van der Waals surface area (Å²) in [4.78, 5) is 28.6. The van der Waals surface area contributed by atoms with Gasteiger partial charge in [0.15, 0.2) is 0 Å². The molecule has 2 saturated heterocycles. The van der Waals surface area contributed by atoms with E-state index in [1.807, 2.05) is 23.1 Å². The third-order valence-electron chi connectivity index (χ3n) is 5.62. The van der Waals surface area contributed by atoms with Gasteiger partial charge in [0.2, 0.25) is 11.8 Å². The standard InChI is InChI=1S/C20H29N3O3/c1-21-20(26)18-13-17(24)14-23(18)16-9-11-22(12-10-16)19(25)8-7-15-5-3-2-4-6-15/h2-6,16-18,24H,7-14H2,1H3,(H,21,26)/t17-,18+/m1/s1. The van der Waals surface area contributed by atoms with E-state index in [9.17, 15) is 14.7 Å². The van der Waals surface area contributed by atoms with Gasteiger partial charge in [-0.2, -0.15) is 0 Å².